The molecule has 0 unspecified atom stereocenters. The molecule has 0 N–H and O–H groups in total. The van der Waals surface area contributed by atoms with Gasteiger partial charge in [-0.2, -0.15) is 0 Å². The van der Waals surface area contributed by atoms with Gasteiger partial charge in [-0.15, -0.1) is 0 Å². The van der Waals surface area contributed by atoms with Crippen molar-refractivity contribution < 1.29 is 23.7 Å². The molecular formula is C34H60O5. The normalized spacial score (nSPS) is 13.5. The molecule has 0 aliphatic carbocycles. The number of hydrogen-bond acceptors (Lipinski definition) is 5. The summed E-state index contributed by atoms with van der Waals surface area (Å²) in [7, 11) is 0. The first-order chi connectivity index (χ1) is 17.8. The maximum atomic E-state index is 13.1. The van der Waals surface area contributed by atoms with E-state index in [1.807, 2.05) is 26.0 Å². The fourth-order valence-electron chi connectivity index (χ4n) is 5.21. The van der Waals surface area contributed by atoms with Crippen molar-refractivity contribution in [3.8, 4) is 0 Å². The van der Waals surface area contributed by atoms with Crippen LogP contribution in [0.15, 0.2) is 24.3 Å². The van der Waals surface area contributed by atoms with Crippen LogP contribution < -0.4 is 0 Å². The first kappa shape index (κ1) is 35.6. The Balaban J connectivity index is 3.09. The van der Waals surface area contributed by atoms with Crippen molar-refractivity contribution in [1.29, 1.82) is 0 Å². The number of esters is 1. The molecule has 39 heavy (non-hydrogen) atoms. The Kier molecular flexibility index (Phi) is 13.7. The van der Waals surface area contributed by atoms with Gasteiger partial charge in [0.25, 0.3) is 0 Å². The maximum absolute atomic E-state index is 13.1. The molecule has 0 aromatic heterocycles. The molecule has 1 aromatic rings. The van der Waals surface area contributed by atoms with Gasteiger partial charge in [0.1, 0.15) is 5.60 Å². The van der Waals surface area contributed by atoms with Gasteiger partial charge in [-0.1, -0.05) is 46.8 Å². The number of benzene rings is 1. The van der Waals surface area contributed by atoms with Gasteiger partial charge in [-0.3, -0.25) is 0 Å². The quantitative estimate of drug-likeness (QED) is 0.171. The van der Waals surface area contributed by atoms with Gasteiger partial charge >= 0.3 is 5.97 Å². The highest BCUT2D eigenvalue weighted by Crippen LogP contribution is 2.51. The van der Waals surface area contributed by atoms with E-state index in [1.54, 1.807) is 0 Å². The predicted octanol–water partition coefficient (Wildman–Crippen LogP) is 8.98. The van der Waals surface area contributed by atoms with Crippen LogP contribution >= 0.6 is 0 Å². The van der Waals surface area contributed by atoms with Crippen LogP contribution in [0, 0.1) is 10.8 Å². The van der Waals surface area contributed by atoms with Crippen molar-refractivity contribution in [2.75, 3.05) is 19.8 Å². The van der Waals surface area contributed by atoms with Crippen LogP contribution in [-0.2, 0) is 18.9 Å². The summed E-state index contributed by atoms with van der Waals surface area (Å²) in [6, 6.07) is 8.05. The summed E-state index contributed by atoms with van der Waals surface area (Å²) in [5, 5.41) is 0. The van der Waals surface area contributed by atoms with Crippen molar-refractivity contribution in [3.05, 3.63) is 35.4 Å². The molecule has 0 saturated carbocycles. The van der Waals surface area contributed by atoms with Gasteiger partial charge in [-0.05, 0) is 109 Å². The Morgan fingerprint density at radius 1 is 0.692 bits per heavy atom. The topological polar surface area (TPSA) is 54.0 Å². The largest absolute Gasteiger partial charge is 0.456 e. The number of ether oxygens (including phenoxy) is 4. The molecule has 0 spiro atoms. The van der Waals surface area contributed by atoms with Crippen molar-refractivity contribution in [3.63, 3.8) is 0 Å². The van der Waals surface area contributed by atoms with Crippen molar-refractivity contribution >= 4 is 5.97 Å². The van der Waals surface area contributed by atoms with Crippen molar-refractivity contribution in [2.45, 2.75) is 145 Å². The first-order valence-electron chi connectivity index (χ1n) is 15.0. The molecule has 1 rings (SSSR count). The summed E-state index contributed by atoms with van der Waals surface area (Å²) >= 11 is 0. The molecule has 0 bridgehead atoms. The molecule has 0 saturated heterocycles. The van der Waals surface area contributed by atoms with Crippen molar-refractivity contribution in [2.24, 2.45) is 10.8 Å². The number of hydrogen-bond donors (Lipinski definition) is 0. The number of carbonyl (C=O) groups is 1. The van der Waals surface area contributed by atoms with E-state index in [0.29, 0.717) is 18.6 Å². The van der Waals surface area contributed by atoms with E-state index < -0.39 is 5.60 Å². The highest BCUT2D eigenvalue weighted by molar-refractivity contribution is 5.89. The minimum absolute atomic E-state index is 0.0213. The molecule has 1 aromatic carbocycles. The molecule has 226 valence electrons. The van der Waals surface area contributed by atoms with E-state index in [1.165, 1.54) is 5.56 Å². The van der Waals surface area contributed by atoms with Crippen LogP contribution in [0.2, 0.25) is 0 Å². The summed E-state index contributed by atoms with van der Waals surface area (Å²) in [5.41, 5.74) is 0.973. The first-order valence-corrected chi connectivity index (χ1v) is 15.0. The Bertz CT molecular complexity index is 823. The summed E-state index contributed by atoms with van der Waals surface area (Å²) in [4.78, 5) is 13.1. The highest BCUT2D eigenvalue weighted by Gasteiger charge is 2.41. The fraction of sp³-hybridized carbons (Fsp3) is 0.794. The lowest BCUT2D eigenvalue weighted by Crippen LogP contribution is -2.36. The van der Waals surface area contributed by atoms with Gasteiger partial charge in [0.15, 0.2) is 0 Å². The molecular weight excluding hydrogens is 488 g/mol. The van der Waals surface area contributed by atoms with Crippen LogP contribution in [0.25, 0.3) is 0 Å². The zero-order chi connectivity index (χ0) is 30.1. The third-order valence-electron chi connectivity index (χ3n) is 7.86. The third kappa shape index (κ3) is 12.7. The summed E-state index contributed by atoms with van der Waals surface area (Å²) < 4.78 is 23.8. The zero-order valence-corrected chi connectivity index (χ0v) is 27.5. The molecule has 5 nitrogen and oxygen atoms in total. The molecule has 0 radical (unpaired) electrons. The second kappa shape index (κ2) is 15.0. The van der Waals surface area contributed by atoms with Gasteiger partial charge in [0.2, 0.25) is 0 Å². The van der Waals surface area contributed by atoms with E-state index in [0.717, 1.165) is 32.5 Å². The Morgan fingerprint density at radius 2 is 1.15 bits per heavy atom. The minimum Gasteiger partial charge on any atom is -0.456 e. The number of rotatable bonds is 18. The van der Waals surface area contributed by atoms with E-state index in [4.69, 9.17) is 18.9 Å². The van der Waals surface area contributed by atoms with Gasteiger partial charge in [-0.25, -0.2) is 4.79 Å². The standard InChI is InChI=1S/C34H60O5/c1-14-33(10,11)38-24-21-34(12,13)39-30(35)28-17-15-27(16-18-28)29(31(6,7)19-22-36-25(2)3)32(8,9)20-23-37-26(4)5/h15-18,25-26,29H,14,19-24H2,1-13H3. The Hall–Kier alpha value is -1.43. The van der Waals surface area contributed by atoms with Crippen molar-refractivity contribution in [1.82, 2.24) is 0 Å². The molecule has 0 heterocycles. The van der Waals surface area contributed by atoms with Crippen LogP contribution in [0.1, 0.15) is 138 Å². The second-order valence-corrected chi connectivity index (χ2v) is 14.2. The minimum atomic E-state index is -0.612. The van der Waals surface area contributed by atoms with Crippen LogP contribution in [0.5, 0.6) is 0 Å². The van der Waals surface area contributed by atoms with E-state index in [2.05, 4.69) is 88.3 Å². The lowest BCUT2D eigenvalue weighted by molar-refractivity contribution is -0.0560. The smallest absolute Gasteiger partial charge is 0.338 e. The molecule has 0 amide bonds. The summed E-state index contributed by atoms with van der Waals surface area (Å²) in [6.45, 7) is 29.8. The molecule has 0 atom stereocenters. The molecule has 0 fully saturated rings. The van der Waals surface area contributed by atoms with Crippen LogP contribution in [-0.4, -0.2) is 49.2 Å². The Labute approximate surface area is 240 Å². The average molecular weight is 549 g/mol. The van der Waals surface area contributed by atoms with Gasteiger partial charge in [0.05, 0.1) is 30.0 Å². The monoisotopic (exact) mass is 548 g/mol. The number of carbonyl (C=O) groups excluding carboxylic acids is 1. The maximum Gasteiger partial charge on any atom is 0.338 e. The van der Waals surface area contributed by atoms with Crippen LogP contribution in [0.4, 0.5) is 0 Å². The van der Waals surface area contributed by atoms with E-state index >= 15 is 0 Å². The summed E-state index contributed by atoms with van der Waals surface area (Å²) in [5.74, 6) is -0.0517. The molecule has 0 aliphatic heterocycles. The average Bonchev–Trinajstić information content (AvgIpc) is 2.77. The van der Waals surface area contributed by atoms with E-state index in [9.17, 15) is 4.79 Å². The lowest BCUT2D eigenvalue weighted by Gasteiger charge is -2.45. The zero-order valence-electron chi connectivity index (χ0n) is 27.5. The molecule has 5 heteroatoms. The second-order valence-electron chi connectivity index (χ2n) is 14.2. The van der Waals surface area contributed by atoms with E-state index in [-0.39, 0.29) is 40.5 Å². The summed E-state index contributed by atoms with van der Waals surface area (Å²) in [6.07, 6.45) is 3.89. The van der Waals surface area contributed by atoms with Gasteiger partial charge < -0.3 is 18.9 Å². The predicted molar refractivity (Wildman–Crippen MR) is 163 cm³/mol. The molecule has 0 aliphatic rings. The van der Waals surface area contributed by atoms with Gasteiger partial charge in [0, 0.05) is 19.6 Å². The van der Waals surface area contributed by atoms with Crippen LogP contribution in [0.3, 0.4) is 0 Å². The lowest BCUT2D eigenvalue weighted by atomic mass is 9.60. The third-order valence-corrected chi connectivity index (χ3v) is 7.86. The highest BCUT2D eigenvalue weighted by atomic mass is 16.6. The SMILES string of the molecule is CCC(C)(C)OCCC(C)(C)OC(=O)c1ccc(C(C(C)(C)CCOC(C)C)C(C)(C)CCOC(C)C)cc1. The Morgan fingerprint density at radius 3 is 1.56 bits per heavy atom. The fourth-order valence-corrected chi connectivity index (χ4v) is 5.21.